The molecular weight excluding hydrogens is 195 g/mol. The van der Waals surface area contributed by atoms with E-state index in [0.717, 1.165) is 5.56 Å². The van der Waals surface area contributed by atoms with Crippen molar-refractivity contribution >= 4 is 18.6 Å². The molecule has 0 amide bonds. The van der Waals surface area contributed by atoms with Crippen molar-refractivity contribution in [2.75, 3.05) is 0 Å². The summed E-state index contributed by atoms with van der Waals surface area (Å²) in [6.07, 6.45) is 0.575. The second kappa shape index (κ2) is 3.68. The number of aromatic carboxylic acids is 1. The average molecular weight is 206 g/mol. The highest BCUT2D eigenvalue weighted by molar-refractivity contribution is 6.62. The Morgan fingerprint density at radius 3 is 2.93 bits per heavy atom. The van der Waals surface area contributed by atoms with Crippen LogP contribution >= 0.6 is 0 Å². The van der Waals surface area contributed by atoms with Crippen LogP contribution in [0.4, 0.5) is 0 Å². The summed E-state index contributed by atoms with van der Waals surface area (Å²) in [5, 5.41) is 18.6. The number of hydrogen-bond acceptors (Lipinski definition) is 3. The fourth-order valence-corrected chi connectivity index (χ4v) is 1.98. The zero-order valence-corrected chi connectivity index (χ0v) is 8.36. The third kappa shape index (κ3) is 1.54. The summed E-state index contributed by atoms with van der Waals surface area (Å²) in [4.78, 5) is 11.0. The summed E-state index contributed by atoms with van der Waals surface area (Å²) in [7, 11) is -0.978. The minimum Gasteiger partial charge on any atom is -0.478 e. The number of fused-ring (bicyclic) bond motifs is 1. The van der Waals surface area contributed by atoms with Crippen molar-refractivity contribution in [1.29, 1.82) is 0 Å². The van der Waals surface area contributed by atoms with Crippen molar-refractivity contribution in [3.63, 3.8) is 0 Å². The van der Waals surface area contributed by atoms with Crippen molar-refractivity contribution in [3.05, 3.63) is 28.8 Å². The number of carbonyl (C=O) groups is 1. The van der Waals surface area contributed by atoms with Gasteiger partial charge < -0.3 is 14.8 Å². The molecule has 0 fully saturated rings. The standard InChI is InChI=1S/C10H11BO4/c1-2-7-8(10(12)13)4-3-6-5-15-11(14)9(6)7/h3-4,14H,2,5H2,1H3,(H,12,13). The van der Waals surface area contributed by atoms with Gasteiger partial charge in [0, 0.05) is 0 Å². The number of carboxylic acid groups (broad SMARTS) is 1. The monoisotopic (exact) mass is 206 g/mol. The first-order chi connectivity index (χ1) is 7.15. The van der Waals surface area contributed by atoms with Gasteiger partial charge in [-0.3, -0.25) is 0 Å². The third-order valence-corrected chi connectivity index (χ3v) is 2.67. The van der Waals surface area contributed by atoms with Gasteiger partial charge in [-0.05, 0) is 29.1 Å². The highest BCUT2D eigenvalue weighted by atomic mass is 16.5. The summed E-state index contributed by atoms with van der Waals surface area (Å²) in [6.45, 7) is 2.22. The highest BCUT2D eigenvalue weighted by Gasteiger charge is 2.31. The van der Waals surface area contributed by atoms with Gasteiger partial charge in [-0.15, -0.1) is 0 Å². The first kappa shape index (κ1) is 10.2. The van der Waals surface area contributed by atoms with Crippen LogP contribution in [0.3, 0.4) is 0 Å². The lowest BCUT2D eigenvalue weighted by Crippen LogP contribution is -2.32. The summed E-state index contributed by atoms with van der Waals surface area (Å²) >= 11 is 0. The first-order valence-electron chi connectivity index (χ1n) is 4.82. The molecular formula is C10H11BO4. The topological polar surface area (TPSA) is 66.8 Å². The van der Waals surface area contributed by atoms with E-state index in [4.69, 9.17) is 9.76 Å². The van der Waals surface area contributed by atoms with Crippen LogP contribution in [-0.4, -0.2) is 23.2 Å². The van der Waals surface area contributed by atoms with Crippen molar-refractivity contribution in [1.82, 2.24) is 0 Å². The minimum absolute atomic E-state index is 0.251. The lowest BCUT2D eigenvalue weighted by atomic mass is 9.74. The smallest absolute Gasteiger partial charge is 0.478 e. The van der Waals surface area contributed by atoms with E-state index in [1.807, 2.05) is 6.92 Å². The first-order valence-corrected chi connectivity index (χ1v) is 4.82. The molecule has 0 aromatic heterocycles. The van der Waals surface area contributed by atoms with Crippen LogP contribution in [0.5, 0.6) is 0 Å². The Kier molecular flexibility index (Phi) is 2.50. The van der Waals surface area contributed by atoms with Crippen LogP contribution in [0.2, 0.25) is 0 Å². The van der Waals surface area contributed by atoms with E-state index in [1.165, 1.54) is 0 Å². The summed E-state index contributed by atoms with van der Waals surface area (Å²) in [6, 6.07) is 3.27. The number of carboxylic acids is 1. The molecule has 1 aliphatic heterocycles. The van der Waals surface area contributed by atoms with E-state index in [9.17, 15) is 9.82 Å². The fourth-order valence-electron chi connectivity index (χ4n) is 1.98. The van der Waals surface area contributed by atoms with Gasteiger partial charge in [-0.1, -0.05) is 13.0 Å². The molecule has 2 rings (SSSR count). The van der Waals surface area contributed by atoms with Crippen LogP contribution in [0.15, 0.2) is 12.1 Å². The van der Waals surface area contributed by atoms with E-state index in [1.54, 1.807) is 12.1 Å². The van der Waals surface area contributed by atoms with Crippen LogP contribution in [-0.2, 0) is 17.7 Å². The van der Waals surface area contributed by atoms with E-state index in [-0.39, 0.29) is 5.56 Å². The van der Waals surface area contributed by atoms with Gasteiger partial charge in [0.1, 0.15) is 0 Å². The maximum atomic E-state index is 11.0. The Bertz CT molecular complexity index is 416. The van der Waals surface area contributed by atoms with Crippen LogP contribution in [0.25, 0.3) is 0 Å². The molecule has 0 radical (unpaired) electrons. The predicted molar refractivity (Wildman–Crippen MR) is 55.2 cm³/mol. The normalized spacial score (nSPS) is 14.1. The Morgan fingerprint density at radius 2 is 2.33 bits per heavy atom. The van der Waals surface area contributed by atoms with Gasteiger partial charge in [0.25, 0.3) is 0 Å². The molecule has 5 heteroatoms. The predicted octanol–water partition coefficient (Wildman–Crippen LogP) is 0.165. The second-order valence-corrected chi connectivity index (χ2v) is 3.49. The Balaban J connectivity index is 2.63. The van der Waals surface area contributed by atoms with Crippen molar-refractivity contribution in [3.8, 4) is 0 Å². The molecule has 0 atom stereocenters. The summed E-state index contributed by atoms with van der Waals surface area (Å²) < 4.78 is 5.06. The molecule has 1 heterocycles. The molecule has 1 aromatic carbocycles. The maximum Gasteiger partial charge on any atom is 0.492 e. The molecule has 1 aromatic rings. The SMILES string of the molecule is CCc1c(C(=O)O)ccc2c1B(O)OC2. The van der Waals surface area contributed by atoms with E-state index < -0.39 is 13.1 Å². The lowest BCUT2D eigenvalue weighted by molar-refractivity contribution is 0.0696. The van der Waals surface area contributed by atoms with E-state index in [2.05, 4.69) is 0 Å². The molecule has 2 N–H and O–H groups in total. The minimum atomic E-state index is -0.978. The molecule has 78 valence electrons. The fraction of sp³-hybridized carbons (Fsp3) is 0.300. The van der Waals surface area contributed by atoms with Crippen LogP contribution in [0, 0.1) is 0 Å². The zero-order chi connectivity index (χ0) is 11.0. The zero-order valence-electron chi connectivity index (χ0n) is 8.36. The molecule has 0 bridgehead atoms. The van der Waals surface area contributed by atoms with Gasteiger partial charge in [-0.2, -0.15) is 0 Å². The molecule has 1 aliphatic rings. The molecule has 0 spiro atoms. The van der Waals surface area contributed by atoms with E-state index in [0.29, 0.717) is 24.1 Å². The number of rotatable bonds is 2. The average Bonchev–Trinajstić information content (AvgIpc) is 2.59. The summed E-state index contributed by atoms with van der Waals surface area (Å²) in [5.41, 5.74) is 2.44. The molecule has 0 aliphatic carbocycles. The Hall–Kier alpha value is -1.33. The number of hydrogen-bond donors (Lipinski definition) is 2. The molecule has 15 heavy (non-hydrogen) atoms. The quantitative estimate of drug-likeness (QED) is 0.676. The molecule has 0 saturated carbocycles. The van der Waals surface area contributed by atoms with Gasteiger partial charge in [0.05, 0.1) is 12.2 Å². The molecule has 0 saturated heterocycles. The highest BCUT2D eigenvalue weighted by Crippen LogP contribution is 2.17. The van der Waals surface area contributed by atoms with Gasteiger partial charge in [0.2, 0.25) is 0 Å². The summed E-state index contributed by atoms with van der Waals surface area (Å²) in [5.74, 6) is -0.964. The third-order valence-electron chi connectivity index (χ3n) is 2.67. The van der Waals surface area contributed by atoms with Crippen molar-refractivity contribution in [2.45, 2.75) is 20.0 Å². The van der Waals surface area contributed by atoms with Gasteiger partial charge in [0.15, 0.2) is 0 Å². The van der Waals surface area contributed by atoms with Gasteiger partial charge in [-0.25, -0.2) is 4.79 Å². The second-order valence-electron chi connectivity index (χ2n) is 3.49. The molecule has 4 nitrogen and oxygen atoms in total. The van der Waals surface area contributed by atoms with Crippen molar-refractivity contribution < 1.29 is 19.6 Å². The number of benzene rings is 1. The molecule has 0 unspecified atom stereocenters. The Morgan fingerprint density at radius 1 is 1.60 bits per heavy atom. The van der Waals surface area contributed by atoms with Gasteiger partial charge >= 0.3 is 13.1 Å². The van der Waals surface area contributed by atoms with E-state index >= 15 is 0 Å². The van der Waals surface area contributed by atoms with Crippen molar-refractivity contribution in [2.24, 2.45) is 0 Å². The maximum absolute atomic E-state index is 11.0. The Labute approximate surface area is 87.6 Å². The lowest BCUT2D eigenvalue weighted by Gasteiger charge is -2.09. The van der Waals surface area contributed by atoms with Crippen LogP contribution in [0.1, 0.15) is 28.4 Å². The largest absolute Gasteiger partial charge is 0.492 e. The van der Waals surface area contributed by atoms with Crippen LogP contribution < -0.4 is 5.46 Å².